The molecule has 0 aromatic heterocycles. The molecule has 0 aliphatic rings. The lowest BCUT2D eigenvalue weighted by atomic mass is 10.1. The molecule has 2 nitrogen and oxygen atoms in total. The van der Waals surface area contributed by atoms with E-state index in [2.05, 4.69) is 34.2 Å². The Morgan fingerprint density at radius 3 is 2.44 bits per heavy atom. The van der Waals surface area contributed by atoms with Crippen LogP contribution in [0.1, 0.15) is 32.4 Å². The van der Waals surface area contributed by atoms with Crippen molar-refractivity contribution in [2.45, 2.75) is 32.9 Å². The third-order valence-corrected chi connectivity index (χ3v) is 3.50. The summed E-state index contributed by atoms with van der Waals surface area (Å²) >= 11 is 3.53. The van der Waals surface area contributed by atoms with Crippen molar-refractivity contribution in [1.29, 1.82) is 0 Å². The fourth-order valence-corrected chi connectivity index (χ4v) is 2.10. The molecular weight excluding hydrogens is 266 g/mol. The van der Waals surface area contributed by atoms with E-state index in [1.807, 2.05) is 32.0 Å². The van der Waals surface area contributed by atoms with Gasteiger partial charge in [-0.3, -0.25) is 0 Å². The van der Waals surface area contributed by atoms with Crippen LogP contribution in [-0.4, -0.2) is 17.8 Å². The highest BCUT2D eigenvalue weighted by Crippen LogP contribution is 2.22. The molecule has 0 aliphatic carbocycles. The summed E-state index contributed by atoms with van der Waals surface area (Å²) in [5, 5.41) is 13.1. The van der Waals surface area contributed by atoms with Crippen molar-refractivity contribution in [3.63, 3.8) is 0 Å². The van der Waals surface area contributed by atoms with Gasteiger partial charge in [-0.25, -0.2) is 0 Å². The summed E-state index contributed by atoms with van der Waals surface area (Å²) < 4.78 is 1.11. The first kappa shape index (κ1) is 13.7. The van der Waals surface area contributed by atoms with E-state index in [9.17, 15) is 5.11 Å². The fraction of sp³-hybridized carbons (Fsp3) is 0.538. The molecule has 2 atom stereocenters. The van der Waals surface area contributed by atoms with E-state index in [4.69, 9.17) is 0 Å². The van der Waals surface area contributed by atoms with Gasteiger partial charge in [0, 0.05) is 17.1 Å². The molecule has 2 unspecified atom stereocenters. The number of halogens is 1. The van der Waals surface area contributed by atoms with Crippen LogP contribution < -0.4 is 5.32 Å². The highest BCUT2D eigenvalue weighted by molar-refractivity contribution is 9.10. The predicted molar refractivity (Wildman–Crippen MR) is 71.4 cm³/mol. The summed E-state index contributed by atoms with van der Waals surface area (Å²) in [6.07, 6.45) is -0.287. The summed E-state index contributed by atoms with van der Waals surface area (Å²) in [6.45, 7) is 6.78. The normalized spacial score (nSPS) is 15.1. The first-order valence-corrected chi connectivity index (χ1v) is 6.47. The van der Waals surface area contributed by atoms with Gasteiger partial charge >= 0.3 is 0 Å². The van der Waals surface area contributed by atoms with Crippen molar-refractivity contribution >= 4 is 15.9 Å². The number of aliphatic hydroxyl groups is 1. The maximum absolute atomic E-state index is 9.72. The number of benzene rings is 1. The summed E-state index contributed by atoms with van der Waals surface area (Å²) in [5.74, 6) is 0.291. The number of rotatable bonds is 5. The van der Waals surface area contributed by atoms with Gasteiger partial charge in [-0.15, -0.1) is 0 Å². The molecule has 0 bridgehead atoms. The predicted octanol–water partition coefficient (Wildman–Crippen LogP) is 3.12. The molecule has 1 aromatic carbocycles. The van der Waals surface area contributed by atoms with Crippen LogP contribution in [0.4, 0.5) is 0 Å². The first-order chi connectivity index (χ1) is 7.52. The summed E-state index contributed by atoms with van der Waals surface area (Å²) in [7, 11) is 0. The third-order valence-electron chi connectivity index (χ3n) is 2.77. The molecule has 0 spiro atoms. The van der Waals surface area contributed by atoms with E-state index >= 15 is 0 Å². The van der Waals surface area contributed by atoms with Crippen LogP contribution in [-0.2, 0) is 0 Å². The smallest absolute Gasteiger partial charge is 0.0687 e. The SMILES string of the molecule is CC(NCC(O)C(C)C)c1ccccc1Br. The molecule has 0 fully saturated rings. The zero-order valence-electron chi connectivity index (χ0n) is 10.1. The van der Waals surface area contributed by atoms with Crippen LogP contribution in [0.3, 0.4) is 0 Å². The molecule has 2 N–H and O–H groups in total. The molecule has 0 heterocycles. The summed E-state index contributed by atoms with van der Waals surface area (Å²) in [4.78, 5) is 0. The lowest BCUT2D eigenvalue weighted by molar-refractivity contribution is 0.120. The third kappa shape index (κ3) is 3.89. The molecule has 16 heavy (non-hydrogen) atoms. The van der Waals surface area contributed by atoms with Gasteiger partial charge in [0.15, 0.2) is 0 Å². The standard InChI is InChI=1S/C13H20BrNO/c1-9(2)13(16)8-15-10(3)11-6-4-5-7-12(11)14/h4-7,9-10,13,15-16H,8H2,1-3H3. The quantitative estimate of drug-likeness (QED) is 0.871. The van der Waals surface area contributed by atoms with Gasteiger partial charge in [-0.2, -0.15) is 0 Å². The highest BCUT2D eigenvalue weighted by atomic mass is 79.9. The van der Waals surface area contributed by atoms with Gasteiger partial charge in [0.2, 0.25) is 0 Å². The summed E-state index contributed by atoms with van der Waals surface area (Å²) in [6, 6.07) is 8.39. The average Bonchev–Trinajstić information content (AvgIpc) is 2.25. The molecule has 0 aliphatic heterocycles. The van der Waals surface area contributed by atoms with Gasteiger partial charge < -0.3 is 10.4 Å². The monoisotopic (exact) mass is 285 g/mol. The molecule has 3 heteroatoms. The maximum Gasteiger partial charge on any atom is 0.0687 e. The average molecular weight is 286 g/mol. The molecule has 0 saturated carbocycles. The van der Waals surface area contributed by atoms with E-state index < -0.39 is 0 Å². The van der Waals surface area contributed by atoms with Gasteiger partial charge in [0.25, 0.3) is 0 Å². The second-order valence-electron chi connectivity index (χ2n) is 4.46. The van der Waals surface area contributed by atoms with Crippen LogP contribution in [0.25, 0.3) is 0 Å². The van der Waals surface area contributed by atoms with Crippen LogP contribution in [0.2, 0.25) is 0 Å². The maximum atomic E-state index is 9.72. The molecular formula is C13H20BrNO. The largest absolute Gasteiger partial charge is 0.392 e. The second-order valence-corrected chi connectivity index (χ2v) is 5.32. The Morgan fingerprint density at radius 2 is 1.88 bits per heavy atom. The lowest BCUT2D eigenvalue weighted by Gasteiger charge is -2.20. The van der Waals surface area contributed by atoms with Crippen LogP contribution >= 0.6 is 15.9 Å². The molecule has 1 aromatic rings. The topological polar surface area (TPSA) is 32.3 Å². The van der Waals surface area contributed by atoms with E-state index in [1.54, 1.807) is 0 Å². The minimum atomic E-state index is -0.287. The summed E-state index contributed by atoms with van der Waals surface area (Å²) in [5.41, 5.74) is 1.22. The van der Waals surface area contributed by atoms with Crippen LogP contribution in [0, 0.1) is 5.92 Å². The van der Waals surface area contributed by atoms with Gasteiger partial charge in [-0.1, -0.05) is 48.0 Å². The molecule has 90 valence electrons. The second kappa shape index (κ2) is 6.38. The van der Waals surface area contributed by atoms with E-state index in [0.717, 1.165) is 4.47 Å². The van der Waals surface area contributed by atoms with Gasteiger partial charge in [0.1, 0.15) is 0 Å². The highest BCUT2D eigenvalue weighted by Gasteiger charge is 2.12. The van der Waals surface area contributed by atoms with Crippen molar-refractivity contribution in [2.24, 2.45) is 5.92 Å². The van der Waals surface area contributed by atoms with Crippen molar-refractivity contribution in [3.05, 3.63) is 34.3 Å². The number of nitrogens with one attached hydrogen (secondary N) is 1. The number of aliphatic hydroxyl groups excluding tert-OH is 1. The lowest BCUT2D eigenvalue weighted by Crippen LogP contribution is -2.32. The molecule has 1 rings (SSSR count). The molecule has 0 saturated heterocycles. The van der Waals surface area contributed by atoms with Crippen LogP contribution in [0.15, 0.2) is 28.7 Å². The zero-order chi connectivity index (χ0) is 12.1. The van der Waals surface area contributed by atoms with Crippen molar-refractivity contribution in [2.75, 3.05) is 6.54 Å². The Hall–Kier alpha value is -0.380. The number of hydrogen-bond acceptors (Lipinski definition) is 2. The Bertz CT molecular complexity index is 327. The van der Waals surface area contributed by atoms with Crippen molar-refractivity contribution in [1.82, 2.24) is 5.32 Å². The number of hydrogen-bond donors (Lipinski definition) is 2. The van der Waals surface area contributed by atoms with E-state index in [1.165, 1.54) is 5.56 Å². The van der Waals surface area contributed by atoms with E-state index in [-0.39, 0.29) is 12.1 Å². The molecule has 0 radical (unpaired) electrons. The zero-order valence-corrected chi connectivity index (χ0v) is 11.7. The minimum absolute atomic E-state index is 0.240. The Morgan fingerprint density at radius 1 is 1.25 bits per heavy atom. The van der Waals surface area contributed by atoms with Gasteiger partial charge in [-0.05, 0) is 24.5 Å². The van der Waals surface area contributed by atoms with Crippen molar-refractivity contribution in [3.8, 4) is 0 Å². The molecule has 0 amide bonds. The Balaban J connectivity index is 2.53. The fourth-order valence-electron chi connectivity index (χ4n) is 1.47. The Labute approximate surface area is 106 Å². The van der Waals surface area contributed by atoms with Crippen molar-refractivity contribution < 1.29 is 5.11 Å². The Kier molecular flexibility index (Phi) is 5.46. The van der Waals surface area contributed by atoms with E-state index in [0.29, 0.717) is 12.5 Å². The van der Waals surface area contributed by atoms with Gasteiger partial charge in [0.05, 0.1) is 6.10 Å². The van der Waals surface area contributed by atoms with Crippen LogP contribution in [0.5, 0.6) is 0 Å². The first-order valence-electron chi connectivity index (χ1n) is 5.68. The minimum Gasteiger partial charge on any atom is -0.392 e.